The first-order valence-corrected chi connectivity index (χ1v) is 16.0. The van der Waals surface area contributed by atoms with Gasteiger partial charge in [0, 0.05) is 72.9 Å². The molecule has 2 saturated heterocycles. The Bertz CT molecular complexity index is 1630. The average Bonchev–Trinajstić information content (AvgIpc) is 3.79. The van der Waals surface area contributed by atoms with Crippen LogP contribution in [-0.4, -0.2) is 62.6 Å². The molecule has 0 radical (unpaired) electrons. The van der Waals surface area contributed by atoms with Gasteiger partial charge in [0.05, 0.1) is 19.9 Å². The molecule has 0 amide bonds. The Hall–Kier alpha value is -4.07. The van der Waals surface area contributed by atoms with Crippen molar-refractivity contribution in [2.75, 3.05) is 55.5 Å². The molecular weight excluding hydrogens is 536 g/mol. The van der Waals surface area contributed by atoms with E-state index in [0.717, 1.165) is 84.0 Å². The highest BCUT2D eigenvalue weighted by atomic mass is 16.5. The highest BCUT2D eigenvalue weighted by Crippen LogP contribution is 2.38. The maximum absolute atomic E-state index is 5.74. The Morgan fingerprint density at radius 3 is 1.95 bits per heavy atom. The first kappa shape index (κ1) is 27.7. The topological polar surface area (TPSA) is 75.1 Å². The average molecular weight is 579 g/mol. The molecule has 2 aromatic carbocycles. The number of rotatable bonds is 8. The molecule has 8 heteroatoms. The van der Waals surface area contributed by atoms with Crippen molar-refractivity contribution >= 4 is 51.0 Å². The summed E-state index contributed by atoms with van der Waals surface area (Å²) < 4.78 is 11.5. The number of nitrogens with zero attached hydrogens (tertiary/aromatic N) is 5. The first-order chi connectivity index (χ1) is 21.2. The number of aliphatic imine (C=N–C) groups is 1. The third-order valence-corrected chi connectivity index (χ3v) is 9.43. The van der Waals surface area contributed by atoms with Crippen molar-refractivity contribution in [1.82, 2.24) is 9.97 Å². The molecule has 1 saturated carbocycles. The molecular formula is C35H42N6O2. The Kier molecular flexibility index (Phi) is 7.92. The summed E-state index contributed by atoms with van der Waals surface area (Å²) in [7, 11) is 3.44. The van der Waals surface area contributed by atoms with Crippen molar-refractivity contribution in [3.05, 3.63) is 48.5 Å². The van der Waals surface area contributed by atoms with Crippen molar-refractivity contribution in [2.24, 2.45) is 10.9 Å². The van der Waals surface area contributed by atoms with Gasteiger partial charge < -0.3 is 24.6 Å². The van der Waals surface area contributed by atoms with Crippen LogP contribution < -0.4 is 24.6 Å². The summed E-state index contributed by atoms with van der Waals surface area (Å²) >= 11 is 0. The van der Waals surface area contributed by atoms with Crippen LogP contribution >= 0.6 is 0 Å². The van der Waals surface area contributed by atoms with Crippen LogP contribution in [0.25, 0.3) is 21.8 Å². The van der Waals surface area contributed by atoms with Crippen molar-refractivity contribution in [2.45, 2.75) is 57.4 Å². The van der Waals surface area contributed by atoms with Gasteiger partial charge in [-0.25, -0.2) is 15.0 Å². The van der Waals surface area contributed by atoms with E-state index in [9.17, 15) is 0 Å². The van der Waals surface area contributed by atoms with Gasteiger partial charge in [0.1, 0.15) is 28.4 Å². The molecule has 2 aliphatic heterocycles. The van der Waals surface area contributed by atoms with Gasteiger partial charge in [-0.15, -0.1) is 0 Å². The van der Waals surface area contributed by atoms with E-state index in [1.165, 1.54) is 49.9 Å². The minimum absolute atomic E-state index is 0.247. The number of anilines is 3. The molecule has 0 spiro atoms. The highest BCUT2D eigenvalue weighted by Gasteiger charge is 2.26. The zero-order chi connectivity index (χ0) is 29.2. The fourth-order valence-electron chi connectivity index (χ4n) is 7.18. The summed E-state index contributed by atoms with van der Waals surface area (Å²) in [6.07, 6.45) is 11.6. The van der Waals surface area contributed by atoms with Gasteiger partial charge in [-0.3, -0.25) is 0 Å². The molecule has 3 fully saturated rings. The maximum atomic E-state index is 5.74. The molecule has 2 atom stereocenters. The normalized spacial score (nSPS) is 20.9. The number of para-hydroxylation sites is 2. The number of hydrogen-bond acceptors (Lipinski definition) is 8. The number of fused-ring (bicyclic) bond motifs is 2. The van der Waals surface area contributed by atoms with Crippen LogP contribution in [0.3, 0.4) is 0 Å². The van der Waals surface area contributed by atoms with Crippen LogP contribution in [0, 0.1) is 5.92 Å². The Balaban J connectivity index is 1.20. The van der Waals surface area contributed by atoms with Crippen molar-refractivity contribution < 1.29 is 9.47 Å². The third kappa shape index (κ3) is 5.55. The van der Waals surface area contributed by atoms with Gasteiger partial charge in [0.15, 0.2) is 5.82 Å². The molecule has 43 heavy (non-hydrogen) atoms. The lowest BCUT2D eigenvalue weighted by atomic mass is 9.85. The molecule has 1 unspecified atom stereocenters. The summed E-state index contributed by atoms with van der Waals surface area (Å²) in [5, 5.41) is 6.13. The van der Waals surface area contributed by atoms with Gasteiger partial charge in [-0.1, -0.05) is 37.1 Å². The second-order valence-electron chi connectivity index (χ2n) is 12.1. The minimum atomic E-state index is 0.247. The largest absolute Gasteiger partial charge is 0.494 e. The molecule has 1 N–H and O–H groups in total. The second-order valence-corrected chi connectivity index (χ2v) is 12.1. The molecule has 2 aromatic heterocycles. The standard InChI is InChI=1S/C35H42N6O2/c1-42-30-15-9-12-25-28(40-17-5-6-18-40)21-32(38-34(25)30)36-23-24-11-3-4-14-27(24)37-33-22-29(41-19-7-8-20-41)26-13-10-16-31(43-2)35(26)39-33/h9-10,12-13,15-16,21-24,27H,3-8,11,14,17-20H2,1-2H3,(H,37,39)/t24?,27-/m0/s1. The summed E-state index contributed by atoms with van der Waals surface area (Å²) in [5.74, 6) is 3.54. The monoisotopic (exact) mass is 578 g/mol. The molecule has 4 heterocycles. The lowest BCUT2D eigenvalue weighted by Gasteiger charge is -2.31. The van der Waals surface area contributed by atoms with E-state index in [2.05, 4.69) is 57.7 Å². The highest BCUT2D eigenvalue weighted by molar-refractivity contribution is 5.98. The second kappa shape index (κ2) is 12.3. The first-order valence-electron chi connectivity index (χ1n) is 16.0. The minimum Gasteiger partial charge on any atom is -0.494 e. The zero-order valence-electron chi connectivity index (χ0n) is 25.4. The maximum Gasteiger partial charge on any atom is 0.154 e. The molecule has 0 bridgehead atoms. The van der Waals surface area contributed by atoms with Crippen molar-refractivity contribution in [3.63, 3.8) is 0 Å². The van der Waals surface area contributed by atoms with Gasteiger partial charge in [0.25, 0.3) is 0 Å². The summed E-state index contributed by atoms with van der Waals surface area (Å²) in [4.78, 5) is 20.1. The number of methoxy groups -OCH3 is 2. The number of nitrogens with one attached hydrogen (secondary N) is 1. The summed E-state index contributed by atoms with van der Waals surface area (Å²) in [6.45, 7) is 4.29. The van der Waals surface area contributed by atoms with Gasteiger partial charge in [-0.05, 0) is 50.7 Å². The van der Waals surface area contributed by atoms with Crippen LogP contribution in [0.5, 0.6) is 11.5 Å². The fourth-order valence-corrected chi connectivity index (χ4v) is 7.18. The number of benzene rings is 2. The molecule has 4 aromatic rings. The van der Waals surface area contributed by atoms with Crippen molar-refractivity contribution in [3.8, 4) is 11.5 Å². The summed E-state index contributed by atoms with van der Waals surface area (Å²) in [6, 6.07) is 17.1. The predicted octanol–water partition coefficient (Wildman–Crippen LogP) is 7.37. The van der Waals surface area contributed by atoms with Crippen molar-refractivity contribution in [1.29, 1.82) is 0 Å². The molecule has 8 nitrogen and oxygen atoms in total. The van der Waals surface area contributed by atoms with E-state index >= 15 is 0 Å². The van der Waals surface area contributed by atoms with Crippen LogP contribution in [0.1, 0.15) is 51.4 Å². The molecule has 3 aliphatic rings. The SMILES string of the molecule is COc1cccc2c(N3CCCC3)cc(N=CC3CCCC[C@@H]3Nc3cc(N4CCCC4)c4cccc(OC)c4n3)nc12. The lowest BCUT2D eigenvalue weighted by molar-refractivity contribution is 0.405. The van der Waals surface area contributed by atoms with Gasteiger partial charge in [-0.2, -0.15) is 0 Å². The van der Waals surface area contributed by atoms with E-state index in [4.69, 9.17) is 24.4 Å². The number of aromatic nitrogens is 2. The van der Waals surface area contributed by atoms with E-state index < -0.39 is 0 Å². The fraction of sp³-hybridized carbons (Fsp3) is 0.457. The Morgan fingerprint density at radius 1 is 0.744 bits per heavy atom. The Morgan fingerprint density at radius 2 is 1.33 bits per heavy atom. The van der Waals surface area contributed by atoms with E-state index in [-0.39, 0.29) is 12.0 Å². The van der Waals surface area contributed by atoms with Gasteiger partial charge >= 0.3 is 0 Å². The molecule has 1 aliphatic carbocycles. The van der Waals surface area contributed by atoms with E-state index in [0.29, 0.717) is 0 Å². The predicted molar refractivity (Wildman–Crippen MR) is 177 cm³/mol. The Labute approximate surface area is 254 Å². The lowest BCUT2D eigenvalue weighted by Crippen LogP contribution is -2.33. The summed E-state index contributed by atoms with van der Waals surface area (Å²) in [5.41, 5.74) is 4.25. The van der Waals surface area contributed by atoms with E-state index in [1.54, 1.807) is 14.2 Å². The number of ether oxygens (including phenoxy) is 2. The zero-order valence-corrected chi connectivity index (χ0v) is 25.4. The molecule has 7 rings (SSSR count). The number of pyridine rings is 2. The van der Waals surface area contributed by atoms with E-state index in [1.807, 2.05) is 12.1 Å². The molecule has 224 valence electrons. The van der Waals surface area contributed by atoms with Crippen LogP contribution in [0.2, 0.25) is 0 Å². The van der Waals surface area contributed by atoms with Crippen LogP contribution in [0.15, 0.2) is 53.5 Å². The quantitative estimate of drug-likeness (QED) is 0.219. The van der Waals surface area contributed by atoms with Crippen LogP contribution in [0.4, 0.5) is 23.0 Å². The third-order valence-electron chi connectivity index (χ3n) is 9.43. The smallest absolute Gasteiger partial charge is 0.154 e. The van der Waals surface area contributed by atoms with Gasteiger partial charge in [0.2, 0.25) is 0 Å². The van der Waals surface area contributed by atoms with Crippen LogP contribution in [-0.2, 0) is 0 Å². The number of hydrogen-bond donors (Lipinski definition) is 1.